The van der Waals surface area contributed by atoms with Crippen molar-refractivity contribution < 1.29 is 14.6 Å². The van der Waals surface area contributed by atoms with Gasteiger partial charge in [-0.05, 0) is 42.7 Å². The van der Waals surface area contributed by atoms with Gasteiger partial charge in [0.2, 0.25) is 0 Å². The number of halogens is 1. The van der Waals surface area contributed by atoms with Crippen LogP contribution in [0.2, 0.25) is 5.02 Å². The number of nitrogens with one attached hydrogen (secondary N) is 2. The number of benzene rings is 1. The van der Waals surface area contributed by atoms with Gasteiger partial charge in [0.25, 0.3) is 0 Å². The summed E-state index contributed by atoms with van der Waals surface area (Å²) in [7, 11) is 0. The second-order valence-corrected chi connectivity index (χ2v) is 9.51. The first-order valence-electron chi connectivity index (χ1n) is 10.0. The Morgan fingerprint density at radius 2 is 2.04 bits per heavy atom. The number of hydrogen-bond acceptors (Lipinski definition) is 4. The quantitative estimate of drug-likeness (QED) is 0.705. The fraction of sp³-hybridized carbons (Fsp3) is 0.667. The van der Waals surface area contributed by atoms with Gasteiger partial charge >= 0.3 is 6.03 Å². The van der Waals surface area contributed by atoms with Crippen LogP contribution >= 0.6 is 11.6 Å². The number of carbonyl (C=O) groups is 1. The molecule has 1 saturated carbocycles. The van der Waals surface area contributed by atoms with Crippen LogP contribution in [0.4, 0.5) is 16.2 Å². The lowest BCUT2D eigenvalue weighted by atomic mass is 9.64. The molecule has 7 heteroatoms. The third-order valence-electron chi connectivity index (χ3n) is 5.70. The molecule has 28 heavy (non-hydrogen) atoms. The van der Waals surface area contributed by atoms with Crippen LogP contribution in [-0.4, -0.2) is 49.6 Å². The number of morpholine rings is 1. The Kier molecular flexibility index (Phi) is 6.42. The van der Waals surface area contributed by atoms with Gasteiger partial charge in [0.1, 0.15) is 0 Å². The van der Waals surface area contributed by atoms with E-state index in [1.165, 1.54) is 0 Å². The molecule has 1 saturated heterocycles. The van der Waals surface area contributed by atoms with E-state index in [-0.39, 0.29) is 18.1 Å². The van der Waals surface area contributed by atoms with E-state index in [0.29, 0.717) is 29.8 Å². The zero-order valence-electron chi connectivity index (χ0n) is 17.1. The predicted molar refractivity (Wildman–Crippen MR) is 113 cm³/mol. The molecule has 0 spiro atoms. The minimum atomic E-state index is -0.608. The van der Waals surface area contributed by atoms with Crippen molar-refractivity contribution in [1.29, 1.82) is 0 Å². The summed E-state index contributed by atoms with van der Waals surface area (Å²) < 4.78 is 5.43. The summed E-state index contributed by atoms with van der Waals surface area (Å²) in [6.45, 7) is 9.23. The van der Waals surface area contributed by atoms with Crippen LogP contribution in [0, 0.1) is 11.3 Å². The fourth-order valence-corrected chi connectivity index (χ4v) is 5.41. The molecule has 0 radical (unpaired) electrons. The molecule has 0 aromatic heterocycles. The summed E-state index contributed by atoms with van der Waals surface area (Å²) in [5.41, 5.74) is 0.951. The van der Waals surface area contributed by atoms with Gasteiger partial charge in [0.15, 0.2) is 0 Å². The number of aliphatic hydroxyl groups excluding tert-OH is 1. The number of amides is 2. The van der Waals surface area contributed by atoms with E-state index in [1.807, 2.05) is 18.2 Å². The van der Waals surface area contributed by atoms with Crippen LogP contribution in [0.25, 0.3) is 0 Å². The van der Waals surface area contributed by atoms with Crippen molar-refractivity contribution in [2.24, 2.45) is 11.3 Å². The Morgan fingerprint density at radius 1 is 1.32 bits per heavy atom. The molecule has 2 atom stereocenters. The lowest BCUT2D eigenvalue weighted by Gasteiger charge is -2.47. The first-order valence-corrected chi connectivity index (χ1v) is 10.4. The zero-order chi connectivity index (χ0) is 20.4. The van der Waals surface area contributed by atoms with Crippen LogP contribution in [0.1, 0.15) is 40.0 Å². The molecule has 1 aliphatic heterocycles. The lowest BCUT2D eigenvalue weighted by Crippen LogP contribution is -2.58. The number of anilines is 2. The highest BCUT2D eigenvalue weighted by molar-refractivity contribution is 6.34. The lowest BCUT2D eigenvalue weighted by molar-refractivity contribution is 0.0446. The molecule has 1 aromatic carbocycles. The smallest absolute Gasteiger partial charge is 0.319 e. The molecule has 3 rings (SSSR count). The largest absolute Gasteiger partial charge is 0.394 e. The summed E-state index contributed by atoms with van der Waals surface area (Å²) in [6, 6.07) is 5.21. The number of hydrogen-bond donors (Lipinski definition) is 3. The third kappa shape index (κ3) is 4.91. The van der Waals surface area contributed by atoms with Crippen LogP contribution in [0.15, 0.2) is 18.2 Å². The first kappa shape index (κ1) is 21.2. The molecule has 1 heterocycles. The number of aliphatic hydroxyl groups is 1. The van der Waals surface area contributed by atoms with Gasteiger partial charge in [-0.3, -0.25) is 0 Å². The molecular formula is C21H32ClN3O3. The normalized spacial score (nSPS) is 27.3. The maximum atomic E-state index is 12.9. The van der Waals surface area contributed by atoms with Gasteiger partial charge in [-0.2, -0.15) is 0 Å². The molecule has 2 unspecified atom stereocenters. The minimum Gasteiger partial charge on any atom is -0.394 e. The molecule has 0 bridgehead atoms. The van der Waals surface area contributed by atoms with E-state index >= 15 is 0 Å². The molecule has 2 amide bonds. The molecule has 156 valence electrons. The van der Waals surface area contributed by atoms with Gasteiger partial charge < -0.3 is 25.4 Å². The van der Waals surface area contributed by atoms with E-state index in [9.17, 15) is 9.90 Å². The minimum absolute atomic E-state index is 0.0694. The van der Waals surface area contributed by atoms with E-state index in [1.54, 1.807) is 0 Å². The SMILES string of the molecule is CC1CC(C)(C)CC(CO)(NC(=O)Nc2cccc(Cl)c2N2CCOCC2)C1. The number of carbonyl (C=O) groups excluding carboxylic acids is 1. The van der Waals surface area contributed by atoms with Gasteiger partial charge in [-0.15, -0.1) is 0 Å². The van der Waals surface area contributed by atoms with Crippen molar-refractivity contribution in [1.82, 2.24) is 5.32 Å². The Balaban J connectivity index is 1.77. The van der Waals surface area contributed by atoms with E-state index in [0.717, 1.165) is 38.0 Å². The van der Waals surface area contributed by atoms with Crippen LogP contribution in [0.3, 0.4) is 0 Å². The highest BCUT2D eigenvalue weighted by Crippen LogP contribution is 2.44. The molecule has 6 nitrogen and oxygen atoms in total. The van der Waals surface area contributed by atoms with Gasteiger partial charge in [-0.25, -0.2) is 4.79 Å². The Labute approximate surface area is 172 Å². The number of urea groups is 1. The summed E-state index contributed by atoms with van der Waals surface area (Å²) >= 11 is 6.46. The van der Waals surface area contributed by atoms with Crippen LogP contribution in [-0.2, 0) is 4.74 Å². The average Bonchev–Trinajstić information content (AvgIpc) is 2.60. The summed E-state index contributed by atoms with van der Waals surface area (Å²) in [5, 5.41) is 16.8. The Hall–Kier alpha value is -1.50. The van der Waals surface area contributed by atoms with Crippen molar-refractivity contribution in [3.05, 3.63) is 23.2 Å². The number of para-hydroxylation sites is 1. The zero-order valence-corrected chi connectivity index (χ0v) is 17.8. The van der Waals surface area contributed by atoms with Crippen molar-refractivity contribution in [2.75, 3.05) is 43.1 Å². The second kappa shape index (κ2) is 8.47. The average molecular weight is 410 g/mol. The standard InChI is InChI=1S/C21H32ClN3O3/c1-15-11-20(2,3)13-21(12-15,14-26)24-19(27)23-17-6-4-5-16(22)18(17)25-7-9-28-10-8-25/h4-6,15,26H,7-14H2,1-3H3,(H2,23,24,27). The van der Waals surface area contributed by atoms with Gasteiger partial charge in [-0.1, -0.05) is 38.4 Å². The second-order valence-electron chi connectivity index (χ2n) is 9.11. The molecule has 3 N–H and O–H groups in total. The third-order valence-corrected chi connectivity index (χ3v) is 6.01. The predicted octanol–water partition coefficient (Wildman–Crippen LogP) is 3.88. The van der Waals surface area contributed by atoms with Crippen LogP contribution < -0.4 is 15.5 Å². The number of rotatable bonds is 4. The van der Waals surface area contributed by atoms with E-state index in [4.69, 9.17) is 16.3 Å². The molecule has 1 aliphatic carbocycles. The number of nitrogens with zero attached hydrogens (tertiary/aromatic N) is 1. The summed E-state index contributed by atoms with van der Waals surface area (Å²) in [5.74, 6) is 0.436. The fourth-order valence-electron chi connectivity index (χ4n) is 5.12. The molecule has 2 fully saturated rings. The van der Waals surface area contributed by atoms with Crippen LogP contribution in [0.5, 0.6) is 0 Å². The number of ether oxygens (including phenoxy) is 1. The summed E-state index contributed by atoms with van der Waals surface area (Å²) in [6.07, 6.45) is 2.61. The highest BCUT2D eigenvalue weighted by atomic mass is 35.5. The maximum Gasteiger partial charge on any atom is 0.319 e. The molecular weight excluding hydrogens is 378 g/mol. The van der Waals surface area contributed by atoms with Crippen molar-refractivity contribution in [2.45, 2.75) is 45.6 Å². The van der Waals surface area contributed by atoms with Gasteiger partial charge in [0.05, 0.1) is 41.8 Å². The van der Waals surface area contributed by atoms with Gasteiger partial charge in [0, 0.05) is 13.1 Å². The van der Waals surface area contributed by atoms with E-state index < -0.39 is 5.54 Å². The maximum absolute atomic E-state index is 12.9. The van der Waals surface area contributed by atoms with Crippen molar-refractivity contribution >= 4 is 29.0 Å². The Morgan fingerprint density at radius 3 is 2.68 bits per heavy atom. The Bertz CT molecular complexity index is 706. The van der Waals surface area contributed by atoms with E-state index in [2.05, 4.69) is 36.3 Å². The first-order chi connectivity index (χ1) is 13.2. The monoisotopic (exact) mass is 409 g/mol. The summed E-state index contributed by atoms with van der Waals surface area (Å²) in [4.78, 5) is 15.0. The topological polar surface area (TPSA) is 73.8 Å². The van der Waals surface area contributed by atoms with Crippen molar-refractivity contribution in [3.8, 4) is 0 Å². The molecule has 1 aromatic rings. The molecule has 2 aliphatic rings. The highest BCUT2D eigenvalue weighted by Gasteiger charge is 2.43. The van der Waals surface area contributed by atoms with Crippen molar-refractivity contribution in [3.63, 3.8) is 0 Å².